The summed E-state index contributed by atoms with van der Waals surface area (Å²) >= 11 is 0. The molecular formula is C59H70N8O8S. The number of sulfonamides is 1. The molecule has 3 aliphatic carbocycles. The van der Waals surface area contributed by atoms with E-state index in [0.29, 0.717) is 54.9 Å². The number of benzene rings is 4. The zero-order valence-corrected chi connectivity index (χ0v) is 44.6. The van der Waals surface area contributed by atoms with Gasteiger partial charge in [0.15, 0.2) is 0 Å². The lowest BCUT2D eigenvalue weighted by atomic mass is 9.59. The van der Waals surface area contributed by atoms with E-state index in [-0.39, 0.29) is 28.3 Å². The van der Waals surface area contributed by atoms with Gasteiger partial charge in [-0.15, -0.1) is 0 Å². The van der Waals surface area contributed by atoms with Gasteiger partial charge in [-0.1, -0.05) is 50.2 Å². The number of rotatable bonds is 17. The highest BCUT2D eigenvalue weighted by Gasteiger charge is 2.50. The molecule has 4 heterocycles. The number of carbonyl (C=O) groups excluding carboxylic acids is 1. The molecule has 4 N–H and O–H groups in total. The maximum atomic E-state index is 14.1. The molecule has 5 aliphatic rings. The van der Waals surface area contributed by atoms with Crippen LogP contribution < -0.4 is 24.4 Å². The minimum Gasteiger partial charge on any atom is -0.490 e. The van der Waals surface area contributed by atoms with Crippen molar-refractivity contribution < 1.29 is 32.7 Å². The predicted octanol–water partition coefficient (Wildman–Crippen LogP) is 10.7. The topological polar surface area (TPSA) is 195 Å². The van der Waals surface area contributed by atoms with Gasteiger partial charge in [0.05, 0.1) is 33.3 Å². The highest BCUT2D eigenvalue weighted by molar-refractivity contribution is 7.90. The van der Waals surface area contributed by atoms with Gasteiger partial charge >= 0.3 is 0 Å². The smallest absolute Gasteiger partial charge is 0.293 e. The lowest BCUT2D eigenvalue weighted by molar-refractivity contribution is -0.384. The quantitative estimate of drug-likeness (QED) is 0.0498. The maximum Gasteiger partial charge on any atom is 0.293 e. The van der Waals surface area contributed by atoms with Gasteiger partial charge in [-0.05, 0) is 154 Å². The third-order valence-electron chi connectivity index (χ3n) is 16.9. The van der Waals surface area contributed by atoms with E-state index in [1.807, 2.05) is 19.1 Å². The number of nitro benzene ring substituents is 1. The van der Waals surface area contributed by atoms with Crippen LogP contribution in [0.25, 0.3) is 11.0 Å². The Bertz CT molecular complexity index is 3190. The summed E-state index contributed by atoms with van der Waals surface area (Å²) < 4.78 is 42.3. The first-order chi connectivity index (χ1) is 36.6. The molecule has 17 heteroatoms. The molecule has 1 spiro atoms. The van der Waals surface area contributed by atoms with Crippen molar-refractivity contribution in [2.75, 3.05) is 49.5 Å². The summed E-state index contributed by atoms with van der Waals surface area (Å²) in [5.41, 5.74) is 4.92. The lowest BCUT2D eigenvalue weighted by Gasteiger charge is -2.58. The number of nitrogens with one attached hydrogen (secondary N) is 3. The third kappa shape index (κ3) is 11.4. The number of amides is 1. The van der Waals surface area contributed by atoms with Gasteiger partial charge in [-0.2, -0.15) is 0 Å². The van der Waals surface area contributed by atoms with Gasteiger partial charge in [0.1, 0.15) is 28.6 Å². The zero-order valence-electron chi connectivity index (χ0n) is 43.7. The van der Waals surface area contributed by atoms with Crippen molar-refractivity contribution in [1.82, 2.24) is 24.5 Å². The van der Waals surface area contributed by atoms with Gasteiger partial charge in [0.25, 0.3) is 21.6 Å². The number of H-pyrrole nitrogens is 1. The van der Waals surface area contributed by atoms with Crippen LogP contribution in [0, 0.1) is 21.4 Å². The summed E-state index contributed by atoms with van der Waals surface area (Å²) in [6.45, 7) is 12.4. The van der Waals surface area contributed by atoms with Gasteiger partial charge < -0.3 is 29.8 Å². The number of aromatic amines is 1. The number of ether oxygens (including phenoxy) is 2. The highest BCUT2D eigenvalue weighted by atomic mass is 32.2. The van der Waals surface area contributed by atoms with E-state index in [1.54, 1.807) is 30.6 Å². The van der Waals surface area contributed by atoms with Crippen molar-refractivity contribution >= 4 is 44.0 Å². The van der Waals surface area contributed by atoms with E-state index in [0.717, 1.165) is 114 Å². The number of aromatic nitrogens is 2. The Balaban J connectivity index is 0.770. The molecule has 1 amide bonds. The maximum absolute atomic E-state index is 14.1. The molecule has 11 rings (SSSR count). The van der Waals surface area contributed by atoms with Crippen LogP contribution in [-0.2, 0) is 16.6 Å². The summed E-state index contributed by atoms with van der Waals surface area (Å²) in [5, 5.41) is 26.5. The number of hydrogen-bond donors (Lipinski definition) is 4. The number of anilines is 2. The van der Waals surface area contributed by atoms with E-state index in [4.69, 9.17) is 9.47 Å². The zero-order chi connectivity index (χ0) is 52.8. The number of hydrogen-bond acceptors (Lipinski definition) is 13. The second-order valence-corrected chi connectivity index (χ2v) is 24.5. The molecule has 400 valence electrons. The molecule has 1 unspecified atom stereocenters. The standard InChI is InChI=1S/C59H70N8O8S/c1-39(2)49-6-4-5-7-50(49)54-38-64(37-41-8-11-45(12-9-41)74-46-13-14-46)28-29-66(54)44-33-59(34-44)23-26-65(27-24-59)43-10-16-51(55(31-43)75-47-30-42-20-25-60-56(42)62-36-47)57(68)63-76(72,73)48-15-17-52(53(32-48)67(70)71)61-35-40-18-21-58(3,69)22-19-40/h4-12,15-17,20,25,30-32,36,39-40,44,46,54,61,69H,13-14,18-19,21-24,26-29,33-35,37-38H2,1-3H3,(H,60,62)(H,63,68)/t40-,54?,58-. The first-order valence-electron chi connectivity index (χ1n) is 27.2. The molecule has 2 aromatic heterocycles. The molecule has 6 aromatic rings. The normalized spacial score (nSPS) is 22.4. The predicted molar refractivity (Wildman–Crippen MR) is 294 cm³/mol. The van der Waals surface area contributed by atoms with Crippen LogP contribution in [0.15, 0.2) is 114 Å². The van der Waals surface area contributed by atoms with Crippen molar-refractivity contribution in [2.45, 2.75) is 126 Å². The van der Waals surface area contributed by atoms with E-state index in [2.05, 4.69) is 97.1 Å². The molecule has 0 bridgehead atoms. The van der Waals surface area contributed by atoms with Crippen LogP contribution in [0.3, 0.4) is 0 Å². The lowest BCUT2D eigenvalue weighted by Crippen LogP contribution is -2.60. The van der Waals surface area contributed by atoms with Gasteiger partial charge in [-0.3, -0.25) is 24.7 Å². The molecule has 0 radical (unpaired) electrons. The number of fused-ring (bicyclic) bond motifs is 1. The monoisotopic (exact) mass is 1050 g/mol. The van der Waals surface area contributed by atoms with Crippen LogP contribution in [0.2, 0.25) is 0 Å². The van der Waals surface area contributed by atoms with Crippen LogP contribution in [-0.4, -0.2) is 101 Å². The summed E-state index contributed by atoms with van der Waals surface area (Å²) in [5.74, 6) is 1.14. The van der Waals surface area contributed by atoms with Gasteiger partial charge in [0.2, 0.25) is 0 Å². The minimum atomic E-state index is -4.59. The van der Waals surface area contributed by atoms with E-state index in [1.165, 1.54) is 28.8 Å². The highest BCUT2D eigenvalue weighted by Crippen LogP contribution is 2.53. The first-order valence-corrected chi connectivity index (χ1v) is 28.7. The summed E-state index contributed by atoms with van der Waals surface area (Å²) in [6, 6.07) is 30.9. The number of nitro groups is 1. The number of piperidine rings is 1. The van der Waals surface area contributed by atoms with Crippen LogP contribution in [0.1, 0.15) is 124 Å². The van der Waals surface area contributed by atoms with Crippen molar-refractivity contribution in [2.24, 2.45) is 11.3 Å². The molecule has 1 atom stereocenters. The number of carbonyl (C=O) groups is 1. The Morgan fingerprint density at radius 3 is 2.41 bits per heavy atom. The fraction of sp³-hybridized carbons (Fsp3) is 0.458. The molecular weight excluding hydrogens is 981 g/mol. The molecule has 4 aromatic carbocycles. The summed E-state index contributed by atoms with van der Waals surface area (Å²) in [4.78, 5) is 40.6. The fourth-order valence-corrected chi connectivity index (χ4v) is 13.2. The number of nitrogens with zero attached hydrogens (tertiary/aromatic N) is 5. The molecule has 16 nitrogen and oxygen atoms in total. The number of pyridine rings is 1. The summed E-state index contributed by atoms with van der Waals surface area (Å²) in [6.07, 6.45) is 13.1. The van der Waals surface area contributed by atoms with Crippen molar-refractivity contribution in [3.63, 3.8) is 0 Å². The third-order valence-corrected chi connectivity index (χ3v) is 18.2. The fourth-order valence-electron chi connectivity index (χ4n) is 12.2. The van der Waals surface area contributed by atoms with Crippen molar-refractivity contribution in [3.05, 3.63) is 142 Å². The van der Waals surface area contributed by atoms with Crippen molar-refractivity contribution in [3.8, 4) is 17.2 Å². The number of piperazine rings is 1. The largest absolute Gasteiger partial charge is 0.490 e. The Labute approximate surface area is 445 Å². The molecule has 2 aliphatic heterocycles. The Morgan fingerprint density at radius 2 is 1.67 bits per heavy atom. The van der Waals surface area contributed by atoms with Crippen LogP contribution >= 0.6 is 0 Å². The summed E-state index contributed by atoms with van der Waals surface area (Å²) in [7, 11) is -4.59. The van der Waals surface area contributed by atoms with E-state index < -0.39 is 37.0 Å². The molecule has 76 heavy (non-hydrogen) atoms. The Morgan fingerprint density at radius 1 is 0.908 bits per heavy atom. The average molecular weight is 1050 g/mol. The van der Waals surface area contributed by atoms with Crippen molar-refractivity contribution in [1.29, 1.82) is 0 Å². The van der Waals surface area contributed by atoms with Crippen LogP contribution in [0.4, 0.5) is 17.1 Å². The molecule has 3 saturated carbocycles. The average Bonchev–Trinajstić information content (AvgIpc) is 4.10. The first kappa shape index (κ1) is 51.6. The molecule has 5 fully saturated rings. The number of aliphatic hydroxyl groups is 1. The second kappa shape index (κ2) is 21.1. The Kier molecular flexibility index (Phi) is 14.3. The molecule has 2 saturated heterocycles. The van der Waals surface area contributed by atoms with E-state index >= 15 is 0 Å². The van der Waals surface area contributed by atoms with Crippen LogP contribution in [0.5, 0.6) is 17.2 Å². The second-order valence-electron chi connectivity index (χ2n) is 22.8. The van der Waals surface area contributed by atoms with Gasteiger partial charge in [0, 0.05) is 87.3 Å². The minimum absolute atomic E-state index is 0.0267. The SMILES string of the molecule is CC(C)c1ccccc1C1CN(Cc2ccc(OC3CC3)cc2)CCN1C1CC2(CCN(c3ccc(C(=O)NS(=O)(=O)c4ccc(NC[C@H]5CC[C@](C)(O)CC5)c([N+](=O)[O-])c4)c(Oc4cnc5[nH]ccc5c4)c3)CC2)C1. The van der Waals surface area contributed by atoms with Gasteiger partial charge in [-0.25, -0.2) is 18.1 Å². The Hall–Kier alpha value is -6.53. The van der Waals surface area contributed by atoms with E-state index in [9.17, 15) is 28.4 Å².